The van der Waals surface area contributed by atoms with Gasteiger partial charge in [0.2, 0.25) is 0 Å². The third-order valence-electron chi connectivity index (χ3n) is 3.03. The lowest BCUT2D eigenvalue weighted by Crippen LogP contribution is -2.14. The fourth-order valence-corrected chi connectivity index (χ4v) is 3.01. The summed E-state index contributed by atoms with van der Waals surface area (Å²) in [6, 6.07) is 8.37. The Bertz CT molecular complexity index is 523. The molecule has 0 spiro atoms. The predicted molar refractivity (Wildman–Crippen MR) is 77.8 cm³/mol. The van der Waals surface area contributed by atoms with Crippen LogP contribution >= 0.6 is 11.3 Å². The number of nitrogens with zero attached hydrogens (tertiary/aromatic N) is 2. The maximum atomic E-state index is 5.23. The Morgan fingerprint density at radius 3 is 2.89 bits per heavy atom. The van der Waals surface area contributed by atoms with Crippen molar-refractivity contribution in [2.45, 2.75) is 25.8 Å². The quantitative estimate of drug-likeness (QED) is 0.882. The minimum absolute atomic E-state index is 0.302. The van der Waals surface area contributed by atoms with Crippen LogP contribution in [0.3, 0.4) is 0 Å². The Labute approximate surface area is 117 Å². The number of aromatic nitrogens is 2. The highest BCUT2D eigenvalue weighted by Gasteiger charge is 2.13. The SMILES string of the molecule is CCC(NC)c1nnc(Cc2cccc(OC)c2)s1. The molecule has 2 rings (SSSR count). The van der Waals surface area contributed by atoms with Crippen LogP contribution in [-0.4, -0.2) is 24.4 Å². The molecule has 0 aliphatic heterocycles. The zero-order valence-electron chi connectivity index (χ0n) is 11.5. The van der Waals surface area contributed by atoms with Crippen LogP contribution in [0.4, 0.5) is 0 Å². The van der Waals surface area contributed by atoms with Crippen molar-refractivity contribution < 1.29 is 4.74 Å². The Hall–Kier alpha value is -1.46. The van der Waals surface area contributed by atoms with Gasteiger partial charge in [-0.25, -0.2) is 0 Å². The summed E-state index contributed by atoms with van der Waals surface area (Å²) in [5, 5.41) is 13.9. The molecule has 1 N–H and O–H groups in total. The van der Waals surface area contributed by atoms with Gasteiger partial charge in [0.1, 0.15) is 15.8 Å². The molecule has 0 fully saturated rings. The standard InChI is InChI=1S/C14H19N3OS/c1-4-12(15-2)14-17-16-13(19-14)9-10-6-5-7-11(8-10)18-3/h5-8,12,15H,4,9H2,1-3H3. The van der Waals surface area contributed by atoms with E-state index in [4.69, 9.17) is 4.74 Å². The van der Waals surface area contributed by atoms with Gasteiger partial charge in [-0.3, -0.25) is 0 Å². The third kappa shape index (κ3) is 3.52. The molecule has 1 heterocycles. The summed E-state index contributed by atoms with van der Waals surface area (Å²) in [5.41, 5.74) is 1.19. The van der Waals surface area contributed by atoms with Crippen LogP contribution in [-0.2, 0) is 6.42 Å². The summed E-state index contributed by atoms with van der Waals surface area (Å²) in [5.74, 6) is 0.879. The molecule has 0 saturated carbocycles. The minimum atomic E-state index is 0.302. The lowest BCUT2D eigenvalue weighted by atomic mass is 10.1. The highest BCUT2D eigenvalue weighted by atomic mass is 32.1. The Balaban J connectivity index is 2.10. The fraction of sp³-hybridized carbons (Fsp3) is 0.429. The van der Waals surface area contributed by atoms with E-state index in [0.717, 1.165) is 28.6 Å². The van der Waals surface area contributed by atoms with Gasteiger partial charge in [-0.15, -0.1) is 10.2 Å². The Kier molecular flexibility index (Phi) is 4.87. The van der Waals surface area contributed by atoms with Crippen molar-refractivity contribution in [1.82, 2.24) is 15.5 Å². The van der Waals surface area contributed by atoms with Crippen LogP contribution in [0.2, 0.25) is 0 Å². The number of rotatable bonds is 6. The Morgan fingerprint density at radius 2 is 2.21 bits per heavy atom. The highest BCUT2D eigenvalue weighted by molar-refractivity contribution is 7.11. The molecule has 1 unspecified atom stereocenters. The van der Waals surface area contributed by atoms with Gasteiger partial charge < -0.3 is 10.1 Å². The van der Waals surface area contributed by atoms with Crippen molar-refractivity contribution >= 4 is 11.3 Å². The molecule has 1 atom stereocenters. The van der Waals surface area contributed by atoms with Gasteiger partial charge in [-0.2, -0.15) is 0 Å². The van der Waals surface area contributed by atoms with Crippen molar-refractivity contribution in [3.8, 4) is 5.75 Å². The lowest BCUT2D eigenvalue weighted by molar-refractivity contribution is 0.414. The van der Waals surface area contributed by atoms with Crippen molar-refractivity contribution in [2.75, 3.05) is 14.2 Å². The molecule has 2 aromatic rings. The van der Waals surface area contributed by atoms with E-state index in [1.54, 1.807) is 18.4 Å². The molecule has 5 heteroatoms. The van der Waals surface area contributed by atoms with Gasteiger partial charge in [0.05, 0.1) is 13.2 Å². The van der Waals surface area contributed by atoms with Gasteiger partial charge in [0.25, 0.3) is 0 Å². The summed E-state index contributed by atoms with van der Waals surface area (Å²) in [7, 11) is 3.64. The first-order valence-corrected chi connectivity index (χ1v) is 7.21. The fourth-order valence-electron chi connectivity index (χ4n) is 1.94. The number of hydrogen-bond donors (Lipinski definition) is 1. The molecular formula is C14H19N3OS. The predicted octanol–water partition coefficient (Wildman–Crippen LogP) is 2.81. The number of hydrogen-bond acceptors (Lipinski definition) is 5. The van der Waals surface area contributed by atoms with Gasteiger partial charge in [0.15, 0.2) is 0 Å². The molecule has 0 aliphatic carbocycles. The van der Waals surface area contributed by atoms with Crippen LogP contribution in [0.1, 0.15) is 35.0 Å². The molecular weight excluding hydrogens is 258 g/mol. The second-order valence-electron chi connectivity index (χ2n) is 4.31. The van der Waals surface area contributed by atoms with Crippen molar-refractivity contribution in [1.29, 1.82) is 0 Å². The first-order chi connectivity index (χ1) is 9.26. The second kappa shape index (κ2) is 6.63. The third-order valence-corrected chi connectivity index (χ3v) is 4.06. The molecule has 0 aliphatic rings. The van der Waals surface area contributed by atoms with E-state index in [0.29, 0.717) is 6.04 Å². The minimum Gasteiger partial charge on any atom is -0.497 e. The van der Waals surface area contributed by atoms with Crippen LogP contribution in [0.15, 0.2) is 24.3 Å². The largest absolute Gasteiger partial charge is 0.497 e. The van der Waals surface area contributed by atoms with Gasteiger partial charge in [0, 0.05) is 6.42 Å². The first-order valence-electron chi connectivity index (χ1n) is 6.39. The van der Waals surface area contributed by atoms with E-state index >= 15 is 0 Å². The number of methoxy groups -OCH3 is 1. The zero-order valence-corrected chi connectivity index (χ0v) is 12.3. The average Bonchev–Trinajstić information content (AvgIpc) is 2.89. The Morgan fingerprint density at radius 1 is 1.37 bits per heavy atom. The molecule has 0 saturated heterocycles. The van der Waals surface area contributed by atoms with Crippen LogP contribution < -0.4 is 10.1 Å². The molecule has 4 nitrogen and oxygen atoms in total. The van der Waals surface area contributed by atoms with Gasteiger partial charge in [-0.1, -0.05) is 30.4 Å². The van der Waals surface area contributed by atoms with Crippen molar-refractivity contribution in [3.05, 3.63) is 39.8 Å². The molecule has 19 heavy (non-hydrogen) atoms. The lowest BCUT2D eigenvalue weighted by Gasteiger charge is -2.08. The molecule has 0 amide bonds. The summed E-state index contributed by atoms with van der Waals surface area (Å²) < 4.78 is 5.23. The molecule has 1 aromatic heterocycles. The molecule has 0 radical (unpaired) electrons. The van der Waals surface area contributed by atoms with E-state index < -0.39 is 0 Å². The number of benzene rings is 1. The second-order valence-corrected chi connectivity index (χ2v) is 5.41. The molecule has 102 valence electrons. The number of ether oxygens (including phenoxy) is 1. The van der Waals surface area contributed by atoms with E-state index in [1.165, 1.54) is 5.56 Å². The monoisotopic (exact) mass is 277 g/mol. The zero-order chi connectivity index (χ0) is 13.7. The topological polar surface area (TPSA) is 47.0 Å². The van der Waals surface area contributed by atoms with Crippen LogP contribution in [0, 0.1) is 0 Å². The first kappa shape index (κ1) is 14.0. The summed E-state index contributed by atoms with van der Waals surface area (Å²) in [6.45, 7) is 2.14. The van der Waals surface area contributed by atoms with Crippen LogP contribution in [0.5, 0.6) is 5.75 Å². The van der Waals surface area contributed by atoms with Gasteiger partial charge >= 0.3 is 0 Å². The maximum Gasteiger partial charge on any atom is 0.134 e. The number of nitrogens with one attached hydrogen (secondary N) is 1. The van der Waals surface area contributed by atoms with E-state index in [-0.39, 0.29) is 0 Å². The van der Waals surface area contributed by atoms with E-state index in [2.05, 4.69) is 28.5 Å². The van der Waals surface area contributed by atoms with Crippen LogP contribution in [0.25, 0.3) is 0 Å². The summed E-state index contributed by atoms with van der Waals surface area (Å²) in [4.78, 5) is 0. The normalized spacial score (nSPS) is 12.4. The maximum absolute atomic E-state index is 5.23. The smallest absolute Gasteiger partial charge is 0.134 e. The van der Waals surface area contributed by atoms with Crippen molar-refractivity contribution in [3.63, 3.8) is 0 Å². The van der Waals surface area contributed by atoms with E-state index in [9.17, 15) is 0 Å². The average molecular weight is 277 g/mol. The molecule has 0 bridgehead atoms. The summed E-state index contributed by atoms with van der Waals surface area (Å²) >= 11 is 1.67. The van der Waals surface area contributed by atoms with Crippen molar-refractivity contribution in [2.24, 2.45) is 0 Å². The van der Waals surface area contributed by atoms with Gasteiger partial charge in [-0.05, 0) is 31.2 Å². The van der Waals surface area contributed by atoms with E-state index in [1.807, 2.05) is 25.2 Å². The molecule has 1 aromatic carbocycles. The summed E-state index contributed by atoms with van der Waals surface area (Å²) in [6.07, 6.45) is 1.82. The highest BCUT2D eigenvalue weighted by Crippen LogP contribution is 2.23.